The highest BCUT2D eigenvalue weighted by molar-refractivity contribution is 2.00. The molecule has 0 aliphatic heterocycles. The smallest absolute Gasteiger partial charge is 0.112 e. The predicted octanol–water partition coefficient (Wildman–Crippen LogP) is -8.05. The van der Waals surface area contributed by atoms with Gasteiger partial charge in [-0.15, -0.1) is 10.2 Å². The Morgan fingerprint density at radius 2 is 0.556 bits per heavy atom. The zero-order valence-corrected chi connectivity index (χ0v) is 4.77. The van der Waals surface area contributed by atoms with Gasteiger partial charge in [-0.1, -0.05) is 0 Å². The second-order valence-corrected chi connectivity index (χ2v) is 1.13. The molecule has 0 aromatic heterocycles. The average Bonchev–Trinajstić information content (AvgIpc) is 0.722. The van der Waals surface area contributed by atoms with Crippen molar-refractivity contribution in [3.8, 4) is 0 Å². The number of rotatable bonds is 0. The molecular weight excluding hydrogens is 163 g/mol. The van der Waals surface area contributed by atoms with Gasteiger partial charge >= 0.3 is 0 Å². The summed E-state index contributed by atoms with van der Waals surface area (Å²) in [4.78, 5) is 0. The monoisotopic (exact) mass is 171 g/mol. The summed E-state index contributed by atoms with van der Waals surface area (Å²) in [5.74, 6) is 0. The fourth-order valence-corrected chi connectivity index (χ4v) is 0. The van der Waals surface area contributed by atoms with Crippen LogP contribution in [-0.2, 0) is 0 Å². The Balaban J connectivity index is -0.0000000133. The van der Waals surface area contributed by atoms with E-state index < -0.39 is 10.2 Å². The number of hydrogen-bond donors (Lipinski definition) is 0. The van der Waals surface area contributed by atoms with Crippen molar-refractivity contribution in [3.05, 3.63) is 0 Å². The average molecular weight is 172 g/mol. The van der Waals surface area contributed by atoms with E-state index in [1.807, 2.05) is 0 Å². The Kier molecular flexibility index (Phi) is 43.6. The third-order valence-electron chi connectivity index (χ3n) is 0. The van der Waals surface area contributed by atoms with Crippen molar-refractivity contribution < 1.29 is 50.8 Å². The molecule has 0 fully saturated rings. The molecular formula is H8ClO8-. The molecule has 0 unspecified atom stereocenters. The quantitative estimate of drug-likeness (QED) is 0.346. The maximum Gasteiger partial charge on any atom is -0.112 e. The van der Waals surface area contributed by atoms with Gasteiger partial charge in [0.2, 0.25) is 0 Å². The minimum atomic E-state index is -4.94. The summed E-state index contributed by atoms with van der Waals surface area (Å²) < 4.78 is 34.0. The summed E-state index contributed by atoms with van der Waals surface area (Å²) in [5, 5.41) is 0. The highest BCUT2D eigenvalue weighted by Crippen LogP contribution is 1.49. The van der Waals surface area contributed by atoms with Crippen molar-refractivity contribution >= 4 is 0 Å². The van der Waals surface area contributed by atoms with E-state index in [1.165, 1.54) is 0 Å². The molecule has 0 radical (unpaired) electrons. The Labute approximate surface area is 51.9 Å². The van der Waals surface area contributed by atoms with Gasteiger partial charge in [0.25, 0.3) is 0 Å². The highest BCUT2D eigenvalue weighted by Gasteiger charge is 1.84. The molecule has 8 nitrogen and oxygen atoms in total. The van der Waals surface area contributed by atoms with Crippen LogP contribution in [0.3, 0.4) is 0 Å². The summed E-state index contributed by atoms with van der Waals surface area (Å²) in [6, 6.07) is 0. The molecule has 0 saturated heterocycles. The molecule has 9 heteroatoms. The van der Waals surface area contributed by atoms with Crippen molar-refractivity contribution in [2.24, 2.45) is 0 Å². The van der Waals surface area contributed by atoms with Gasteiger partial charge in [-0.2, -0.15) is 0 Å². The van der Waals surface area contributed by atoms with Gasteiger partial charge in [0.1, 0.15) is 0 Å². The SMILES string of the molecule is O.O.O.O.[O-][Cl+3]([O-])([O-])[O-]. The van der Waals surface area contributed by atoms with Crippen LogP contribution >= 0.6 is 0 Å². The van der Waals surface area contributed by atoms with Crippen molar-refractivity contribution in [1.29, 1.82) is 0 Å². The molecule has 0 heterocycles. The first-order valence-electron chi connectivity index (χ1n) is 0.617. The lowest BCUT2D eigenvalue weighted by Crippen LogP contribution is -2.68. The van der Waals surface area contributed by atoms with Gasteiger partial charge in [-0.25, -0.2) is 18.6 Å². The third kappa shape index (κ3) is 316000. The zero-order valence-electron chi connectivity index (χ0n) is 4.01. The molecule has 0 atom stereocenters. The molecule has 0 spiro atoms. The standard InChI is InChI=1S/ClHO4.4H2O/c2-1(3,4)5;;;;/h(H,2,3,4,5);4*1H2/p-1. The molecule has 0 saturated carbocycles. The predicted molar refractivity (Wildman–Crippen MR) is 14.5 cm³/mol. The zero-order chi connectivity index (χ0) is 4.50. The topological polar surface area (TPSA) is 218 Å². The fourth-order valence-electron chi connectivity index (χ4n) is 0. The summed E-state index contributed by atoms with van der Waals surface area (Å²) >= 11 is 0. The van der Waals surface area contributed by atoms with E-state index in [-0.39, 0.29) is 21.9 Å². The van der Waals surface area contributed by atoms with E-state index in [0.29, 0.717) is 0 Å². The van der Waals surface area contributed by atoms with Gasteiger partial charge < -0.3 is 21.9 Å². The van der Waals surface area contributed by atoms with Crippen molar-refractivity contribution in [3.63, 3.8) is 0 Å². The van der Waals surface area contributed by atoms with Crippen LogP contribution in [0.25, 0.3) is 0 Å². The van der Waals surface area contributed by atoms with Crippen LogP contribution in [0.5, 0.6) is 0 Å². The molecule has 8 N–H and O–H groups in total. The fraction of sp³-hybridized carbons (Fsp3) is 0. The minimum Gasteiger partial charge on any atom is -0.412 e. The first-order chi connectivity index (χ1) is 2.00. The first kappa shape index (κ1) is 36.2. The normalized spacial score (nSPS) is 6.67. The molecule has 9 heavy (non-hydrogen) atoms. The van der Waals surface area contributed by atoms with E-state index in [2.05, 4.69) is 0 Å². The summed E-state index contributed by atoms with van der Waals surface area (Å²) in [5.41, 5.74) is 0. The van der Waals surface area contributed by atoms with Crippen molar-refractivity contribution in [2.45, 2.75) is 0 Å². The lowest BCUT2D eigenvalue weighted by molar-refractivity contribution is -2.00. The molecule has 64 valence electrons. The van der Waals surface area contributed by atoms with E-state index in [0.717, 1.165) is 0 Å². The lowest BCUT2D eigenvalue weighted by atomic mass is 15.8. The molecule has 0 amide bonds. The van der Waals surface area contributed by atoms with Crippen molar-refractivity contribution in [1.82, 2.24) is 0 Å². The van der Waals surface area contributed by atoms with Crippen LogP contribution in [0.15, 0.2) is 0 Å². The first-order valence-corrected chi connectivity index (χ1v) is 1.85. The highest BCUT2D eigenvalue weighted by atomic mass is 35.7. The second-order valence-electron chi connectivity index (χ2n) is 0.378. The van der Waals surface area contributed by atoms with Gasteiger partial charge in [-0.05, 0) is 0 Å². The molecule has 0 bridgehead atoms. The van der Waals surface area contributed by atoms with E-state index in [1.54, 1.807) is 0 Å². The van der Waals surface area contributed by atoms with Crippen LogP contribution < -0.4 is 18.6 Å². The van der Waals surface area contributed by atoms with Crippen LogP contribution in [-0.4, -0.2) is 21.9 Å². The lowest BCUT2D eigenvalue weighted by Gasteiger charge is -2.17. The van der Waals surface area contributed by atoms with Crippen molar-refractivity contribution in [2.75, 3.05) is 0 Å². The minimum absolute atomic E-state index is 0. The summed E-state index contributed by atoms with van der Waals surface area (Å²) in [7, 11) is -4.94. The van der Waals surface area contributed by atoms with Gasteiger partial charge in [-0.3, -0.25) is 0 Å². The Morgan fingerprint density at radius 3 is 0.556 bits per heavy atom. The molecule has 0 aromatic carbocycles. The second kappa shape index (κ2) is 10.9. The van der Waals surface area contributed by atoms with Gasteiger partial charge in [0, 0.05) is 0 Å². The van der Waals surface area contributed by atoms with Crippen LogP contribution in [0.2, 0.25) is 0 Å². The Bertz CT molecular complexity index is 20.0. The molecule has 0 aliphatic rings. The molecule has 0 rings (SSSR count). The van der Waals surface area contributed by atoms with Gasteiger partial charge in [0.15, 0.2) is 0 Å². The van der Waals surface area contributed by atoms with E-state index in [9.17, 15) is 0 Å². The maximum atomic E-state index is 8.49. The van der Waals surface area contributed by atoms with Gasteiger partial charge in [0.05, 0.1) is 0 Å². The molecule has 0 aromatic rings. The largest absolute Gasteiger partial charge is 0.412 e. The Morgan fingerprint density at radius 1 is 0.556 bits per heavy atom. The third-order valence-corrected chi connectivity index (χ3v) is 0. The van der Waals surface area contributed by atoms with Crippen LogP contribution in [0.4, 0.5) is 0 Å². The van der Waals surface area contributed by atoms with E-state index in [4.69, 9.17) is 18.6 Å². The van der Waals surface area contributed by atoms with Crippen LogP contribution in [0.1, 0.15) is 0 Å². The Hall–Kier alpha value is -0.0300. The van der Waals surface area contributed by atoms with E-state index >= 15 is 0 Å². The number of halogens is 1. The number of hydrogen-bond acceptors (Lipinski definition) is 4. The van der Waals surface area contributed by atoms with Crippen LogP contribution in [0, 0.1) is 10.2 Å². The summed E-state index contributed by atoms with van der Waals surface area (Å²) in [6.45, 7) is 0. The molecule has 0 aliphatic carbocycles. The summed E-state index contributed by atoms with van der Waals surface area (Å²) in [6.07, 6.45) is 0. The maximum absolute atomic E-state index is 8.49.